The molecule has 1 aromatic heterocycles. The van der Waals surface area contributed by atoms with E-state index in [4.69, 9.17) is 16.0 Å². The molecule has 0 saturated carbocycles. The SMILES string of the molecule is O=S(=O)(Cc1ccccc1Cl)NCC(c1ccco1)N1CCN(c2ccc(F)cc2)CC1. The summed E-state index contributed by atoms with van der Waals surface area (Å²) in [5.41, 5.74) is 1.53. The van der Waals surface area contributed by atoms with Gasteiger partial charge < -0.3 is 9.32 Å². The molecular weight excluding hydrogens is 453 g/mol. The topological polar surface area (TPSA) is 65.8 Å². The van der Waals surface area contributed by atoms with Crippen LogP contribution in [-0.4, -0.2) is 46.0 Å². The summed E-state index contributed by atoms with van der Waals surface area (Å²) in [6, 6.07) is 16.8. The molecule has 0 bridgehead atoms. The molecule has 6 nitrogen and oxygen atoms in total. The predicted octanol–water partition coefficient (Wildman–Crippen LogP) is 4.06. The summed E-state index contributed by atoms with van der Waals surface area (Å²) in [4.78, 5) is 4.40. The Bertz CT molecular complexity index is 1120. The van der Waals surface area contributed by atoms with Crippen LogP contribution in [0.15, 0.2) is 71.3 Å². The first-order chi connectivity index (χ1) is 15.4. The summed E-state index contributed by atoms with van der Waals surface area (Å²) in [6.07, 6.45) is 1.59. The predicted molar refractivity (Wildman–Crippen MR) is 124 cm³/mol. The summed E-state index contributed by atoms with van der Waals surface area (Å²) in [5.74, 6) is 0.269. The molecule has 1 N–H and O–H groups in total. The zero-order valence-corrected chi connectivity index (χ0v) is 19.0. The number of sulfonamides is 1. The van der Waals surface area contributed by atoms with Crippen LogP contribution in [0.25, 0.3) is 0 Å². The van der Waals surface area contributed by atoms with E-state index < -0.39 is 10.0 Å². The number of hydrogen-bond acceptors (Lipinski definition) is 5. The minimum Gasteiger partial charge on any atom is -0.468 e. The highest BCUT2D eigenvalue weighted by atomic mass is 35.5. The first-order valence-electron chi connectivity index (χ1n) is 10.4. The van der Waals surface area contributed by atoms with Gasteiger partial charge in [-0.1, -0.05) is 29.8 Å². The molecule has 1 aliphatic rings. The van der Waals surface area contributed by atoms with Gasteiger partial charge in [0.15, 0.2) is 0 Å². The lowest BCUT2D eigenvalue weighted by atomic mass is 10.1. The number of anilines is 1. The van der Waals surface area contributed by atoms with Gasteiger partial charge in [-0.2, -0.15) is 0 Å². The maximum atomic E-state index is 13.2. The molecule has 1 fully saturated rings. The maximum Gasteiger partial charge on any atom is 0.215 e. The Kier molecular flexibility index (Phi) is 7.15. The average molecular weight is 478 g/mol. The van der Waals surface area contributed by atoms with Crippen molar-refractivity contribution in [3.8, 4) is 0 Å². The molecule has 4 rings (SSSR count). The Morgan fingerprint density at radius 3 is 2.38 bits per heavy atom. The highest BCUT2D eigenvalue weighted by Gasteiger charge is 2.28. The van der Waals surface area contributed by atoms with Gasteiger partial charge in [-0.25, -0.2) is 17.5 Å². The van der Waals surface area contributed by atoms with E-state index in [1.165, 1.54) is 12.1 Å². The van der Waals surface area contributed by atoms with Crippen molar-refractivity contribution in [2.24, 2.45) is 0 Å². The lowest BCUT2D eigenvalue weighted by Gasteiger charge is -2.39. The third-order valence-electron chi connectivity index (χ3n) is 5.62. The molecular formula is C23H25ClFN3O3S. The molecule has 0 radical (unpaired) electrons. The summed E-state index contributed by atoms with van der Waals surface area (Å²) >= 11 is 6.13. The Labute approximate surface area is 192 Å². The Morgan fingerprint density at radius 2 is 1.72 bits per heavy atom. The van der Waals surface area contributed by atoms with Crippen LogP contribution < -0.4 is 9.62 Å². The van der Waals surface area contributed by atoms with Crippen molar-refractivity contribution in [1.29, 1.82) is 0 Å². The highest BCUT2D eigenvalue weighted by Crippen LogP contribution is 2.25. The van der Waals surface area contributed by atoms with Crippen molar-refractivity contribution in [1.82, 2.24) is 9.62 Å². The zero-order valence-electron chi connectivity index (χ0n) is 17.5. The van der Waals surface area contributed by atoms with Crippen LogP contribution in [0.2, 0.25) is 5.02 Å². The second-order valence-corrected chi connectivity index (χ2v) is 9.94. The van der Waals surface area contributed by atoms with Gasteiger partial charge in [-0.3, -0.25) is 4.90 Å². The molecule has 32 heavy (non-hydrogen) atoms. The number of nitrogens with zero attached hydrogens (tertiary/aromatic N) is 2. The smallest absolute Gasteiger partial charge is 0.215 e. The van der Waals surface area contributed by atoms with Crippen LogP contribution in [-0.2, 0) is 15.8 Å². The summed E-state index contributed by atoms with van der Waals surface area (Å²) in [5, 5.41) is 0.428. The monoisotopic (exact) mass is 477 g/mol. The number of piperazine rings is 1. The van der Waals surface area contributed by atoms with Gasteiger partial charge in [-0.05, 0) is 48.0 Å². The number of furan rings is 1. The second-order valence-electron chi connectivity index (χ2n) is 7.73. The van der Waals surface area contributed by atoms with Gasteiger partial charge >= 0.3 is 0 Å². The quantitative estimate of drug-likeness (QED) is 0.530. The number of hydrogen-bond donors (Lipinski definition) is 1. The van der Waals surface area contributed by atoms with Crippen LogP contribution >= 0.6 is 11.6 Å². The molecule has 2 aromatic carbocycles. The minimum atomic E-state index is -3.59. The van der Waals surface area contributed by atoms with E-state index in [9.17, 15) is 12.8 Å². The van der Waals surface area contributed by atoms with Gasteiger partial charge in [0.25, 0.3) is 0 Å². The largest absolute Gasteiger partial charge is 0.468 e. The lowest BCUT2D eigenvalue weighted by molar-refractivity contribution is 0.166. The van der Waals surface area contributed by atoms with E-state index in [1.807, 2.05) is 6.07 Å². The molecule has 3 aromatic rings. The molecule has 1 atom stereocenters. The summed E-state index contributed by atoms with van der Waals surface area (Å²) in [7, 11) is -3.59. The van der Waals surface area contributed by atoms with Crippen molar-refractivity contribution < 1.29 is 17.2 Å². The Hall–Kier alpha value is -2.39. The molecule has 1 unspecified atom stereocenters. The van der Waals surface area contributed by atoms with Crippen LogP contribution in [0.4, 0.5) is 10.1 Å². The van der Waals surface area contributed by atoms with E-state index in [-0.39, 0.29) is 24.2 Å². The van der Waals surface area contributed by atoms with E-state index in [1.54, 1.807) is 48.7 Å². The van der Waals surface area contributed by atoms with Crippen molar-refractivity contribution >= 4 is 27.3 Å². The number of halogens is 2. The van der Waals surface area contributed by atoms with Crippen LogP contribution in [0.5, 0.6) is 0 Å². The van der Waals surface area contributed by atoms with Gasteiger partial charge in [-0.15, -0.1) is 0 Å². The fourth-order valence-corrected chi connectivity index (χ4v) is 5.37. The van der Waals surface area contributed by atoms with Crippen molar-refractivity contribution in [3.05, 3.63) is 89.1 Å². The lowest BCUT2D eigenvalue weighted by Crippen LogP contribution is -2.49. The van der Waals surface area contributed by atoms with Crippen LogP contribution in [0.1, 0.15) is 17.4 Å². The highest BCUT2D eigenvalue weighted by molar-refractivity contribution is 7.88. The van der Waals surface area contributed by atoms with Crippen molar-refractivity contribution in [3.63, 3.8) is 0 Å². The van der Waals surface area contributed by atoms with Crippen LogP contribution in [0.3, 0.4) is 0 Å². The number of benzene rings is 2. The van der Waals surface area contributed by atoms with Gasteiger partial charge in [0.2, 0.25) is 10.0 Å². The average Bonchev–Trinajstić information content (AvgIpc) is 3.31. The van der Waals surface area contributed by atoms with E-state index in [0.29, 0.717) is 16.3 Å². The molecule has 2 heterocycles. The molecule has 1 aliphatic heterocycles. The maximum absolute atomic E-state index is 13.2. The molecule has 1 saturated heterocycles. The minimum absolute atomic E-state index is 0.185. The Balaban J connectivity index is 1.41. The third kappa shape index (κ3) is 5.69. The second kappa shape index (κ2) is 10.0. The van der Waals surface area contributed by atoms with Gasteiger partial charge in [0.05, 0.1) is 18.1 Å². The molecule has 170 valence electrons. The molecule has 9 heteroatoms. The van der Waals surface area contributed by atoms with E-state index in [0.717, 1.165) is 31.9 Å². The van der Waals surface area contributed by atoms with Crippen molar-refractivity contribution in [2.45, 2.75) is 11.8 Å². The van der Waals surface area contributed by atoms with Crippen LogP contribution in [0, 0.1) is 5.82 Å². The van der Waals surface area contributed by atoms with E-state index in [2.05, 4.69) is 14.5 Å². The fourth-order valence-electron chi connectivity index (χ4n) is 3.91. The summed E-state index contributed by atoms with van der Waals surface area (Å²) < 4.78 is 47.0. The first kappa shape index (κ1) is 22.8. The normalized spacial score (nSPS) is 16.2. The van der Waals surface area contributed by atoms with Gasteiger partial charge in [0.1, 0.15) is 11.6 Å². The number of nitrogens with one attached hydrogen (secondary N) is 1. The molecule has 0 spiro atoms. The Morgan fingerprint density at radius 1 is 1.00 bits per heavy atom. The zero-order chi connectivity index (χ0) is 22.6. The fraction of sp³-hybridized carbons (Fsp3) is 0.304. The standard InChI is InChI=1S/C23H25ClFN3O3S/c24-21-5-2-1-4-18(21)17-32(29,30)26-16-22(23-6-3-15-31-23)28-13-11-27(12-14-28)20-9-7-19(25)8-10-20/h1-10,15,22,26H,11-14,16-17H2. The number of rotatable bonds is 8. The van der Waals surface area contributed by atoms with Crippen molar-refractivity contribution in [2.75, 3.05) is 37.6 Å². The van der Waals surface area contributed by atoms with Gasteiger partial charge in [0, 0.05) is 43.4 Å². The molecule has 0 aliphatic carbocycles. The van der Waals surface area contributed by atoms with E-state index >= 15 is 0 Å². The summed E-state index contributed by atoms with van der Waals surface area (Å²) in [6.45, 7) is 3.12. The first-order valence-corrected chi connectivity index (χ1v) is 12.4. The molecule has 0 amide bonds. The third-order valence-corrected chi connectivity index (χ3v) is 7.28.